The summed E-state index contributed by atoms with van der Waals surface area (Å²) in [7, 11) is 3.13. The van der Waals surface area contributed by atoms with Crippen molar-refractivity contribution >= 4 is 23.1 Å². The maximum Gasteiger partial charge on any atom is 0.249 e. The van der Waals surface area contributed by atoms with Crippen molar-refractivity contribution in [1.29, 1.82) is 0 Å². The summed E-state index contributed by atoms with van der Waals surface area (Å²) in [6.07, 6.45) is 1.46. The standard InChI is InChI=1S/C17H16FN5O2/c1-24-14-8-7-11(9-15(14)25-2)20-16-10-19-23-17(22-16)21-13-6-4-3-5-12(13)18/h3-10H,1-2H3,(H2,20,21,22,23). The minimum Gasteiger partial charge on any atom is -0.493 e. The Morgan fingerprint density at radius 1 is 0.960 bits per heavy atom. The first kappa shape index (κ1) is 16.4. The first-order valence-electron chi connectivity index (χ1n) is 7.40. The molecule has 2 N–H and O–H groups in total. The SMILES string of the molecule is COc1ccc(Nc2cnnc(Nc3ccccc3F)n2)cc1OC. The Morgan fingerprint density at radius 2 is 1.76 bits per heavy atom. The van der Waals surface area contributed by atoms with E-state index in [-0.39, 0.29) is 11.6 Å². The summed E-state index contributed by atoms with van der Waals surface area (Å²) in [6, 6.07) is 11.6. The molecule has 8 heteroatoms. The Hall–Kier alpha value is -3.42. The average Bonchev–Trinajstić information content (AvgIpc) is 2.64. The molecule has 0 aliphatic heterocycles. The van der Waals surface area contributed by atoms with Crippen LogP contribution in [0, 0.1) is 5.82 Å². The topological polar surface area (TPSA) is 81.2 Å². The van der Waals surface area contributed by atoms with E-state index in [1.54, 1.807) is 44.6 Å². The van der Waals surface area contributed by atoms with Gasteiger partial charge in [-0.25, -0.2) is 4.39 Å². The lowest BCUT2D eigenvalue weighted by Gasteiger charge is -2.11. The lowest BCUT2D eigenvalue weighted by Crippen LogP contribution is -2.03. The zero-order chi connectivity index (χ0) is 17.6. The lowest BCUT2D eigenvalue weighted by molar-refractivity contribution is 0.355. The number of nitrogens with zero attached hydrogens (tertiary/aromatic N) is 3. The van der Waals surface area contributed by atoms with Crippen LogP contribution in [-0.2, 0) is 0 Å². The van der Waals surface area contributed by atoms with Gasteiger partial charge in [0.25, 0.3) is 0 Å². The Morgan fingerprint density at radius 3 is 2.52 bits per heavy atom. The van der Waals surface area contributed by atoms with E-state index in [4.69, 9.17) is 9.47 Å². The number of hydrogen-bond acceptors (Lipinski definition) is 7. The predicted octanol–water partition coefficient (Wildman–Crippen LogP) is 3.52. The summed E-state index contributed by atoms with van der Waals surface area (Å²) in [4.78, 5) is 4.27. The highest BCUT2D eigenvalue weighted by atomic mass is 19.1. The molecule has 7 nitrogen and oxygen atoms in total. The molecule has 0 amide bonds. The Kier molecular flexibility index (Phi) is 4.89. The molecule has 0 saturated heterocycles. The monoisotopic (exact) mass is 341 g/mol. The second-order valence-corrected chi connectivity index (χ2v) is 4.96. The predicted molar refractivity (Wildman–Crippen MR) is 92.3 cm³/mol. The summed E-state index contributed by atoms with van der Waals surface area (Å²) in [5, 5.41) is 13.6. The third-order valence-corrected chi connectivity index (χ3v) is 3.34. The van der Waals surface area contributed by atoms with E-state index >= 15 is 0 Å². The van der Waals surface area contributed by atoms with Gasteiger partial charge < -0.3 is 20.1 Å². The van der Waals surface area contributed by atoms with Crippen LogP contribution in [0.25, 0.3) is 0 Å². The van der Waals surface area contributed by atoms with E-state index in [0.29, 0.717) is 17.3 Å². The number of benzene rings is 2. The maximum absolute atomic E-state index is 13.7. The molecule has 0 unspecified atom stereocenters. The van der Waals surface area contributed by atoms with Crippen LogP contribution in [-0.4, -0.2) is 29.4 Å². The van der Waals surface area contributed by atoms with E-state index in [1.807, 2.05) is 6.07 Å². The molecule has 0 radical (unpaired) electrons. The van der Waals surface area contributed by atoms with Crippen molar-refractivity contribution in [2.24, 2.45) is 0 Å². The Balaban J connectivity index is 1.79. The number of rotatable bonds is 6. The van der Waals surface area contributed by atoms with E-state index in [2.05, 4.69) is 25.8 Å². The van der Waals surface area contributed by atoms with Gasteiger partial charge in [0.15, 0.2) is 17.3 Å². The summed E-state index contributed by atoms with van der Waals surface area (Å²) < 4.78 is 24.2. The summed E-state index contributed by atoms with van der Waals surface area (Å²) >= 11 is 0. The molecule has 0 spiro atoms. The fourth-order valence-corrected chi connectivity index (χ4v) is 2.16. The molecule has 3 rings (SSSR count). The number of anilines is 4. The fourth-order valence-electron chi connectivity index (χ4n) is 2.16. The van der Waals surface area contributed by atoms with Gasteiger partial charge in [0, 0.05) is 11.8 Å². The summed E-state index contributed by atoms with van der Waals surface area (Å²) in [5.41, 5.74) is 1.00. The number of halogens is 1. The highest BCUT2D eigenvalue weighted by molar-refractivity contribution is 5.62. The van der Waals surface area contributed by atoms with Gasteiger partial charge in [0.05, 0.1) is 26.1 Å². The van der Waals surface area contributed by atoms with Crippen molar-refractivity contribution in [2.75, 3.05) is 24.9 Å². The van der Waals surface area contributed by atoms with Crippen molar-refractivity contribution in [3.05, 3.63) is 54.5 Å². The number of methoxy groups -OCH3 is 2. The number of aromatic nitrogens is 3. The third kappa shape index (κ3) is 3.92. The Labute approximate surface area is 143 Å². The molecule has 25 heavy (non-hydrogen) atoms. The molecule has 0 bridgehead atoms. The molecular formula is C17H16FN5O2. The molecule has 3 aromatic rings. The number of para-hydroxylation sites is 1. The van der Waals surface area contributed by atoms with Gasteiger partial charge in [0.2, 0.25) is 5.95 Å². The summed E-state index contributed by atoms with van der Waals surface area (Å²) in [6.45, 7) is 0. The molecular weight excluding hydrogens is 325 g/mol. The average molecular weight is 341 g/mol. The first-order chi connectivity index (χ1) is 12.2. The molecule has 0 saturated carbocycles. The van der Waals surface area contributed by atoms with Gasteiger partial charge in [0.1, 0.15) is 5.82 Å². The number of hydrogen-bond donors (Lipinski definition) is 2. The van der Waals surface area contributed by atoms with Crippen molar-refractivity contribution in [3.63, 3.8) is 0 Å². The van der Waals surface area contributed by atoms with Crippen LogP contribution >= 0.6 is 0 Å². The van der Waals surface area contributed by atoms with Crippen molar-refractivity contribution in [1.82, 2.24) is 15.2 Å². The lowest BCUT2D eigenvalue weighted by atomic mass is 10.2. The van der Waals surface area contributed by atoms with Gasteiger partial charge in [-0.15, -0.1) is 5.10 Å². The van der Waals surface area contributed by atoms with E-state index < -0.39 is 5.82 Å². The van der Waals surface area contributed by atoms with Gasteiger partial charge >= 0.3 is 0 Å². The van der Waals surface area contributed by atoms with E-state index in [1.165, 1.54) is 12.3 Å². The van der Waals surface area contributed by atoms with E-state index in [0.717, 1.165) is 5.69 Å². The van der Waals surface area contributed by atoms with Gasteiger partial charge in [-0.2, -0.15) is 10.1 Å². The molecule has 0 atom stereocenters. The Bertz CT molecular complexity index is 875. The van der Waals surface area contributed by atoms with Crippen LogP contribution in [0.15, 0.2) is 48.7 Å². The normalized spacial score (nSPS) is 10.2. The molecule has 0 fully saturated rings. The number of nitrogens with one attached hydrogen (secondary N) is 2. The third-order valence-electron chi connectivity index (χ3n) is 3.34. The molecule has 1 heterocycles. The largest absolute Gasteiger partial charge is 0.493 e. The van der Waals surface area contributed by atoms with Crippen LogP contribution in [0.4, 0.5) is 27.5 Å². The smallest absolute Gasteiger partial charge is 0.249 e. The van der Waals surface area contributed by atoms with E-state index in [9.17, 15) is 4.39 Å². The van der Waals surface area contributed by atoms with Crippen LogP contribution in [0.2, 0.25) is 0 Å². The van der Waals surface area contributed by atoms with Crippen molar-refractivity contribution in [2.45, 2.75) is 0 Å². The highest BCUT2D eigenvalue weighted by Crippen LogP contribution is 2.30. The molecule has 128 valence electrons. The quantitative estimate of drug-likeness (QED) is 0.710. The first-order valence-corrected chi connectivity index (χ1v) is 7.40. The summed E-state index contributed by atoms with van der Waals surface area (Å²) in [5.74, 6) is 1.43. The van der Waals surface area contributed by atoms with Crippen LogP contribution in [0.5, 0.6) is 11.5 Å². The molecule has 2 aromatic carbocycles. The van der Waals surface area contributed by atoms with Crippen LogP contribution in [0.3, 0.4) is 0 Å². The second kappa shape index (κ2) is 7.43. The van der Waals surface area contributed by atoms with Crippen molar-refractivity contribution < 1.29 is 13.9 Å². The van der Waals surface area contributed by atoms with Crippen LogP contribution < -0.4 is 20.1 Å². The molecule has 1 aromatic heterocycles. The number of ether oxygens (including phenoxy) is 2. The van der Waals surface area contributed by atoms with Gasteiger partial charge in [-0.05, 0) is 24.3 Å². The molecule has 0 aliphatic carbocycles. The minimum atomic E-state index is -0.399. The molecule has 0 aliphatic rings. The van der Waals surface area contributed by atoms with Crippen molar-refractivity contribution in [3.8, 4) is 11.5 Å². The zero-order valence-electron chi connectivity index (χ0n) is 13.7. The van der Waals surface area contributed by atoms with Gasteiger partial charge in [-0.1, -0.05) is 12.1 Å². The van der Waals surface area contributed by atoms with Crippen LogP contribution in [0.1, 0.15) is 0 Å². The minimum absolute atomic E-state index is 0.176. The second-order valence-electron chi connectivity index (χ2n) is 4.96. The van der Waals surface area contributed by atoms with Gasteiger partial charge in [-0.3, -0.25) is 0 Å². The highest BCUT2D eigenvalue weighted by Gasteiger charge is 2.07. The maximum atomic E-state index is 13.7. The fraction of sp³-hybridized carbons (Fsp3) is 0.118. The zero-order valence-corrected chi connectivity index (χ0v) is 13.7.